The number of hydrogen-bond acceptors (Lipinski definition) is 2. The van der Waals surface area contributed by atoms with Crippen LogP contribution in [0.5, 0.6) is 0 Å². The topological polar surface area (TPSA) is 26.3 Å². The molecule has 0 atom stereocenters. The monoisotopic (exact) mass is 725 g/mol. The second-order valence-electron chi connectivity index (χ2n) is 15.7. The van der Waals surface area contributed by atoms with E-state index in [4.69, 9.17) is 4.74 Å². The van der Waals surface area contributed by atoms with E-state index in [1.807, 2.05) is 0 Å². The first kappa shape index (κ1) is 50.4. The molecule has 0 rings (SSSR count). The van der Waals surface area contributed by atoms with Gasteiger partial charge in [0.1, 0.15) is 0 Å². The van der Waals surface area contributed by atoms with Crippen molar-refractivity contribution in [3.8, 4) is 0 Å². The first-order chi connectivity index (χ1) is 25.8. The van der Waals surface area contributed by atoms with E-state index < -0.39 is 0 Å². The fourth-order valence-electron chi connectivity index (χ4n) is 6.95. The smallest absolute Gasteiger partial charge is 0.305 e. The molecule has 2 nitrogen and oxygen atoms in total. The Balaban J connectivity index is 3.25. The maximum absolute atomic E-state index is 12.0. The Kier molecular flexibility index (Phi) is 46.0. The highest BCUT2D eigenvalue weighted by Crippen LogP contribution is 2.16. The van der Waals surface area contributed by atoms with Crippen molar-refractivity contribution in [3.63, 3.8) is 0 Å². The fourth-order valence-corrected chi connectivity index (χ4v) is 6.95. The largest absolute Gasteiger partial charge is 0.466 e. The fraction of sp³-hybridized carbons (Fsp3) is 0.820. The number of unbranched alkanes of at least 4 members (excludes halogenated alkanes) is 31. The summed E-state index contributed by atoms with van der Waals surface area (Å²) in [6.07, 6.45) is 68.1. The summed E-state index contributed by atoms with van der Waals surface area (Å²) < 4.78 is 5.45. The third-order valence-corrected chi connectivity index (χ3v) is 10.5. The van der Waals surface area contributed by atoms with Crippen LogP contribution in [0.1, 0.15) is 258 Å². The molecule has 0 spiro atoms. The zero-order chi connectivity index (χ0) is 37.5. The molecule has 0 saturated carbocycles. The minimum absolute atomic E-state index is 0.0269. The molecule has 52 heavy (non-hydrogen) atoms. The third-order valence-electron chi connectivity index (χ3n) is 10.5. The van der Waals surface area contributed by atoms with E-state index in [9.17, 15) is 4.79 Å². The van der Waals surface area contributed by atoms with Crippen molar-refractivity contribution in [1.29, 1.82) is 0 Å². The molecule has 0 unspecified atom stereocenters. The summed E-state index contributed by atoms with van der Waals surface area (Å²) in [6, 6.07) is 0. The lowest BCUT2D eigenvalue weighted by atomic mass is 10.0. The van der Waals surface area contributed by atoms with Crippen LogP contribution in [-0.2, 0) is 9.53 Å². The molecule has 0 aromatic rings. The summed E-state index contributed by atoms with van der Waals surface area (Å²) >= 11 is 0. The lowest BCUT2D eigenvalue weighted by Crippen LogP contribution is -2.05. The molecule has 2 heteroatoms. The van der Waals surface area contributed by atoms with Crippen LogP contribution < -0.4 is 0 Å². The Bertz CT molecular complexity index is 790. The molecule has 0 fully saturated rings. The summed E-state index contributed by atoms with van der Waals surface area (Å²) in [6.45, 7) is 5.15. The molecular formula is C50H92O2. The quantitative estimate of drug-likeness (QED) is 0.0355. The van der Waals surface area contributed by atoms with Gasteiger partial charge in [-0.15, -0.1) is 0 Å². The van der Waals surface area contributed by atoms with Crippen LogP contribution in [0.2, 0.25) is 0 Å². The van der Waals surface area contributed by atoms with Gasteiger partial charge >= 0.3 is 5.97 Å². The van der Waals surface area contributed by atoms with Gasteiger partial charge in [-0.25, -0.2) is 0 Å². The van der Waals surface area contributed by atoms with E-state index in [-0.39, 0.29) is 5.97 Å². The van der Waals surface area contributed by atoms with Crippen molar-refractivity contribution in [2.45, 2.75) is 258 Å². The molecule has 0 N–H and O–H groups in total. The summed E-state index contributed by atoms with van der Waals surface area (Å²) in [5, 5.41) is 0. The Morgan fingerprint density at radius 2 is 0.596 bits per heavy atom. The Labute approximate surface area is 327 Å². The van der Waals surface area contributed by atoms with E-state index >= 15 is 0 Å². The van der Waals surface area contributed by atoms with Gasteiger partial charge in [0.15, 0.2) is 0 Å². The van der Waals surface area contributed by atoms with Crippen LogP contribution in [0.25, 0.3) is 0 Å². The van der Waals surface area contributed by atoms with Crippen LogP contribution in [-0.4, -0.2) is 12.6 Å². The maximum atomic E-state index is 12.0. The Morgan fingerprint density at radius 3 is 0.942 bits per heavy atom. The lowest BCUT2D eigenvalue weighted by Gasteiger charge is -2.05. The zero-order valence-electron chi connectivity index (χ0n) is 35.5. The van der Waals surface area contributed by atoms with Crippen molar-refractivity contribution >= 4 is 5.97 Å². The van der Waals surface area contributed by atoms with Gasteiger partial charge in [-0.3, -0.25) is 4.79 Å². The first-order valence-corrected chi connectivity index (χ1v) is 23.6. The van der Waals surface area contributed by atoms with E-state index in [0.717, 1.165) is 38.5 Å². The molecule has 0 radical (unpaired) electrons. The van der Waals surface area contributed by atoms with Gasteiger partial charge in [-0.1, -0.05) is 249 Å². The van der Waals surface area contributed by atoms with Crippen LogP contribution in [0.3, 0.4) is 0 Å². The highest BCUT2D eigenvalue weighted by Gasteiger charge is 2.02. The zero-order valence-corrected chi connectivity index (χ0v) is 35.5. The molecule has 0 saturated heterocycles. The average Bonchev–Trinajstić information content (AvgIpc) is 3.15. The molecule has 0 aromatic heterocycles. The number of rotatable bonds is 43. The van der Waals surface area contributed by atoms with E-state index in [1.165, 1.54) is 199 Å². The highest BCUT2D eigenvalue weighted by molar-refractivity contribution is 5.69. The molecule has 304 valence electrons. The Morgan fingerprint density at radius 1 is 0.327 bits per heavy atom. The van der Waals surface area contributed by atoms with Gasteiger partial charge in [-0.2, -0.15) is 0 Å². The van der Waals surface area contributed by atoms with Gasteiger partial charge < -0.3 is 4.74 Å². The van der Waals surface area contributed by atoms with Crippen molar-refractivity contribution in [2.24, 2.45) is 0 Å². The molecule has 0 aliphatic carbocycles. The third kappa shape index (κ3) is 46.5. The minimum atomic E-state index is -0.0269. The molecule has 0 aromatic carbocycles. The number of carbonyl (C=O) groups excluding carboxylic acids is 1. The van der Waals surface area contributed by atoms with Crippen LogP contribution >= 0.6 is 0 Å². The maximum Gasteiger partial charge on any atom is 0.305 e. The van der Waals surface area contributed by atoms with Crippen LogP contribution in [0.15, 0.2) is 48.6 Å². The van der Waals surface area contributed by atoms with Gasteiger partial charge in [0, 0.05) is 6.42 Å². The number of esters is 1. The Hall–Kier alpha value is -1.57. The number of hydrogen-bond donors (Lipinski definition) is 0. The van der Waals surface area contributed by atoms with Gasteiger partial charge in [0.2, 0.25) is 0 Å². The predicted octanol–water partition coefficient (Wildman–Crippen LogP) is 17.6. The van der Waals surface area contributed by atoms with Crippen molar-refractivity contribution in [1.82, 2.24) is 0 Å². The van der Waals surface area contributed by atoms with E-state index in [1.54, 1.807) is 0 Å². The molecule has 0 amide bonds. The molecule has 0 aliphatic rings. The standard InChI is InChI=1S/C50H92O2/c1-3-5-7-9-11-13-15-17-19-21-22-23-24-25-26-27-28-29-30-31-33-35-37-39-41-43-45-47-49-52-50(51)48-46-44-42-40-38-36-34-32-20-18-16-14-12-10-8-6-4-2/h12,14,18,20,34,36,40,42H,3-11,13,15-17,19,21-33,35,37-39,41,43-49H2,1-2H3/b14-12-,20-18-,36-34-,42-40-. The van der Waals surface area contributed by atoms with Gasteiger partial charge in [-0.05, 0) is 51.4 Å². The van der Waals surface area contributed by atoms with Crippen molar-refractivity contribution < 1.29 is 9.53 Å². The second kappa shape index (κ2) is 47.5. The summed E-state index contributed by atoms with van der Waals surface area (Å²) in [5.74, 6) is -0.0269. The number of carbonyl (C=O) groups is 1. The summed E-state index contributed by atoms with van der Waals surface area (Å²) in [5.41, 5.74) is 0. The molecule has 0 aliphatic heterocycles. The molecular weight excluding hydrogens is 633 g/mol. The van der Waals surface area contributed by atoms with Crippen molar-refractivity contribution in [3.05, 3.63) is 48.6 Å². The van der Waals surface area contributed by atoms with Crippen LogP contribution in [0.4, 0.5) is 0 Å². The van der Waals surface area contributed by atoms with Crippen molar-refractivity contribution in [2.75, 3.05) is 6.61 Å². The predicted molar refractivity (Wildman–Crippen MR) is 234 cm³/mol. The number of ether oxygens (including phenoxy) is 1. The summed E-state index contributed by atoms with van der Waals surface area (Å²) in [7, 11) is 0. The van der Waals surface area contributed by atoms with E-state index in [0.29, 0.717) is 13.0 Å². The summed E-state index contributed by atoms with van der Waals surface area (Å²) in [4.78, 5) is 12.0. The molecule has 0 heterocycles. The normalized spacial score (nSPS) is 12.1. The van der Waals surface area contributed by atoms with Gasteiger partial charge in [0.25, 0.3) is 0 Å². The average molecular weight is 725 g/mol. The first-order valence-electron chi connectivity index (χ1n) is 23.6. The van der Waals surface area contributed by atoms with E-state index in [2.05, 4.69) is 62.5 Å². The van der Waals surface area contributed by atoms with Gasteiger partial charge in [0.05, 0.1) is 6.61 Å². The highest BCUT2D eigenvalue weighted by atomic mass is 16.5. The lowest BCUT2D eigenvalue weighted by molar-refractivity contribution is -0.143. The number of allylic oxidation sites excluding steroid dienone is 8. The van der Waals surface area contributed by atoms with Crippen LogP contribution in [0, 0.1) is 0 Å². The SMILES string of the molecule is CCCCC/C=C\C/C=C\C/C=C\C/C=C\CCCC(=O)OCCCCCCCCCCCCCCCCCCCCCCCCCCCCCC. The minimum Gasteiger partial charge on any atom is -0.466 e. The second-order valence-corrected chi connectivity index (χ2v) is 15.7. The molecule has 0 bridgehead atoms.